The Balaban J connectivity index is 2.02. The zero-order valence-corrected chi connectivity index (χ0v) is 15.7. The normalized spacial score (nSPS) is 11.0. The van der Waals surface area contributed by atoms with Gasteiger partial charge in [-0.2, -0.15) is 0 Å². The third-order valence-corrected chi connectivity index (χ3v) is 4.61. The number of halogens is 1. The van der Waals surface area contributed by atoms with Gasteiger partial charge in [0.15, 0.2) is 5.65 Å². The van der Waals surface area contributed by atoms with Gasteiger partial charge in [0.2, 0.25) is 0 Å². The fourth-order valence-electron chi connectivity index (χ4n) is 2.86. The van der Waals surface area contributed by atoms with Gasteiger partial charge >= 0.3 is 0 Å². The van der Waals surface area contributed by atoms with Crippen LogP contribution in [-0.2, 0) is 13.0 Å². The molecule has 0 N–H and O–H groups in total. The number of aryl methyl sites for hydroxylation is 2. The highest BCUT2D eigenvalue weighted by Crippen LogP contribution is 2.24. The molecule has 24 heavy (non-hydrogen) atoms. The average Bonchev–Trinajstić information content (AvgIpc) is 2.93. The largest absolute Gasteiger partial charge is 0.336 e. The van der Waals surface area contributed by atoms with Gasteiger partial charge in [-0.15, -0.1) is 0 Å². The fraction of sp³-hybridized carbons (Fsp3) is 0.263. The molecule has 0 saturated heterocycles. The molecule has 2 heterocycles. The summed E-state index contributed by atoms with van der Waals surface area (Å²) in [5.41, 5.74) is 4.45. The maximum absolute atomic E-state index is 13.1. The van der Waals surface area contributed by atoms with Crippen LogP contribution in [-0.4, -0.2) is 27.2 Å². The van der Waals surface area contributed by atoms with Gasteiger partial charge in [-0.25, -0.2) is 4.98 Å². The van der Waals surface area contributed by atoms with Crippen LogP contribution in [0.1, 0.15) is 34.2 Å². The fourth-order valence-corrected chi connectivity index (χ4v) is 3.50. The van der Waals surface area contributed by atoms with E-state index in [1.54, 1.807) is 4.90 Å². The van der Waals surface area contributed by atoms with Crippen molar-refractivity contribution in [3.63, 3.8) is 0 Å². The van der Waals surface area contributed by atoms with E-state index in [-0.39, 0.29) is 5.91 Å². The average molecular weight is 386 g/mol. The molecule has 1 amide bonds. The molecule has 0 unspecified atom stereocenters. The van der Waals surface area contributed by atoms with Crippen molar-refractivity contribution in [3.05, 3.63) is 69.6 Å². The zero-order valence-electron chi connectivity index (χ0n) is 14.1. The highest BCUT2D eigenvalue weighted by atomic mass is 79.9. The number of carbonyl (C=O) groups is 1. The summed E-state index contributed by atoms with van der Waals surface area (Å²) in [7, 11) is 1.83. The lowest BCUT2D eigenvalue weighted by Gasteiger charge is -2.18. The van der Waals surface area contributed by atoms with E-state index in [9.17, 15) is 4.79 Å². The molecule has 3 rings (SSSR count). The lowest BCUT2D eigenvalue weighted by Crippen LogP contribution is -2.28. The van der Waals surface area contributed by atoms with Crippen LogP contribution in [0.15, 0.2) is 47.1 Å². The van der Waals surface area contributed by atoms with E-state index in [1.807, 2.05) is 67.9 Å². The van der Waals surface area contributed by atoms with Crippen molar-refractivity contribution in [2.75, 3.05) is 7.05 Å². The predicted octanol–water partition coefficient (Wildman–Crippen LogP) is 4.24. The van der Waals surface area contributed by atoms with Gasteiger partial charge in [-0.05, 0) is 46.5 Å². The van der Waals surface area contributed by atoms with Crippen molar-refractivity contribution < 1.29 is 4.79 Å². The molecule has 1 aromatic carbocycles. The second-order valence-electron chi connectivity index (χ2n) is 5.97. The molecule has 2 aromatic heterocycles. The number of nitrogens with zero attached hydrogens (tertiary/aromatic N) is 3. The Morgan fingerprint density at radius 3 is 2.67 bits per heavy atom. The predicted molar refractivity (Wildman–Crippen MR) is 99.2 cm³/mol. The van der Waals surface area contributed by atoms with E-state index in [0.717, 1.165) is 26.9 Å². The molecule has 0 aliphatic heterocycles. The Morgan fingerprint density at radius 2 is 2.00 bits per heavy atom. The standard InChI is InChI=1S/C19H20BrN3O/c1-4-16-17(23-11-13(2)10-15(20)18(23)21-16)19(24)22(3)12-14-8-6-5-7-9-14/h5-11H,4,12H2,1-3H3. The smallest absolute Gasteiger partial charge is 0.272 e. The lowest BCUT2D eigenvalue weighted by atomic mass is 10.2. The Kier molecular flexibility index (Phi) is 4.71. The molecule has 4 nitrogen and oxygen atoms in total. The van der Waals surface area contributed by atoms with E-state index in [1.165, 1.54) is 0 Å². The molecule has 5 heteroatoms. The van der Waals surface area contributed by atoms with E-state index < -0.39 is 0 Å². The monoisotopic (exact) mass is 385 g/mol. The number of rotatable bonds is 4. The van der Waals surface area contributed by atoms with Crippen molar-refractivity contribution >= 4 is 27.5 Å². The summed E-state index contributed by atoms with van der Waals surface area (Å²) in [5.74, 6) is -0.0132. The second-order valence-corrected chi connectivity index (χ2v) is 6.82. The van der Waals surface area contributed by atoms with E-state index in [4.69, 9.17) is 0 Å². The van der Waals surface area contributed by atoms with Gasteiger partial charge in [0.1, 0.15) is 5.69 Å². The second kappa shape index (κ2) is 6.77. The summed E-state index contributed by atoms with van der Waals surface area (Å²) in [4.78, 5) is 19.5. The Bertz CT molecular complexity index is 887. The summed E-state index contributed by atoms with van der Waals surface area (Å²) < 4.78 is 2.81. The van der Waals surface area contributed by atoms with Crippen molar-refractivity contribution in [1.29, 1.82) is 0 Å². The molecular formula is C19H20BrN3O. The highest BCUT2D eigenvalue weighted by Gasteiger charge is 2.22. The number of aromatic nitrogens is 2. The molecule has 0 saturated carbocycles. The number of imidazole rings is 1. The zero-order chi connectivity index (χ0) is 17.3. The minimum atomic E-state index is -0.0132. The number of hydrogen-bond acceptors (Lipinski definition) is 2. The first-order chi connectivity index (χ1) is 11.5. The molecule has 0 aliphatic carbocycles. The quantitative estimate of drug-likeness (QED) is 0.673. The molecule has 0 spiro atoms. The summed E-state index contributed by atoms with van der Waals surface area (Å²) in [6, 6.07) is 12.0. The van der Waals surface area contributed by atoms with Crippen LogP contribution in [0.4, 0.5) is 0 Å². The third kappa shape index (κ3) is 3.08. The summed E-state index contributed by atoms with van der Waals surface area (Å²) in [6.07, 6.45) is 2.68. The SMILES string of the molecule is CCc1nc2c(Br)cc(C)cn2c1C(=O)N(C)Cc1ccccc1. The first-order valence-electron chi connectivity index (χ1n) is 7.97. The Hall–Kier alpha value is -2.14. The Morgan fingerprint density at radius 1 is 1.29 bits per heavy atom. The summed E-state index contributed by atoms with van der Waals surface area (Å²) in [5, 5.41) is 0. The summed E-state index contributed by atoms with van der Waals surface area (Å²) >= 11 is 3.56. The van der Waals surface area contributed by atoms with E-state index >= 15 is 0 Å². The van der Waals surface area contributed by atoms with Crippen LogP contribution in [0.2, 0.25) is 0 Å². The van der Waals surface area contributed by atoms with Crippen molar-refractivity contribution in [1.82, 2.24) is 14.3 Å². The molecule has 124 valence electrons. The van der Waals surface area contributed by atoms with Crippen LogP contribution in [0, 0.1) is 6.92 Å². The van der Waals surface area contributed by atoms with E-state index in [0.29, 0.717) is 18.7 Å². The van der Waals surface area contributed by atoms with E-state index in [2.05, 4.69) is 20.9 Å². The first kappa shape index (κ1) is 16.7. The van der Waals surface area contributed by atoms with Crippen LogP contribution >= 0.6 is 15.9 Å². The van der Waals surface area contributed by atoms with Gasteiger partial charge < -0.3 is 4.90 Å². The Labute approximate surface area is 150 Å². The van der Waals surface area contributed by atoms with Crippen LogP contribution in [0.25, 0.3) is 5.65 Å². The number of fused-ring (bicyclic) bond motifs is 1. The maximum Gasteiger partial charge on any atom is 0.272 e. The number of benzene rings is 1. The van der Waals surface area contributed by atoms with Crippen LogP contribution in [0.3, 0.4) is 0 Å². The number of carbonyl (C=O) groups excluding carboxylic acids is 1. The lowest BCUT2D eigenvalue weighted by molar-refractivity contribution is 0.0777. The molecular weight excluding hydrogens is 366 g/mol. The first-order valence-corrected chi connectivity index (χ1v) is 8.77. The van der Waals surface area contributed by atoms with Crippen molar-refractivity contribution in [2.24, 2.45) is 0 Å². The molecule has 0 atom stereocenters. The van der Waals surface area contributed by atoms with Gasteiger partial charge in [-0.3, -0.25) is 9.20 Å². The van der Waals surface area contributed by atoms with Crippen molar-refractivity contribution in [2.45, 2.75) is 26.8 Å². The molecule has 3 aromatic rings. The van der Waals surface area contributed by atoms with Crippen LogP contribution < -0.4 is 0 Å². The topological polar surface area (TPSA) is 37.6 Å². The number of pyridine rings is 1. The number of amides is 1. The van der Waals surface area contributed by atoms with Gasteiger partial charge in [-0.1, -0.05) is 37.3 Å². The molecule has 0 aliphatic rings. The van der Waals surface area contributed by atoms with Gasteiger partial charge in [0.05, 0.1) is 10.2 Å². The van der Waals surface area contributed by atoms with Crippen LogP contribution in [0.5, 0.6) is 0 Å². The minimum absolute atomic E-state index is 0.0132. The van der Waals surface area contributed by atoms with Gasteiger partial charge in [0, 0.05) is 19.8 Å². The maximum atomic E-state index is 13.1. The highest BCUT2D eigenvalue weighted by molar-refractivity contribution is 9.10. The molecule has 0 bridgehead atoms. The summed E-state index contributed by atoms with van der Waals surface area (Å²) in [6.45, 7) is 4.61. The number of hydrogen-bond donors (Lipinski definition) is 0. The van der Waals surface area contributed by atoms with Crippen molar-refractivity contribution in [3.8, 4) is 0 Å². The molecule has 0 radical (unpaired) electrons. The van der Waals surface area contributed by atoms with Gasteiger partial charge in [0.25, 0.3) is 5.91 Å². The molecule has 0 fully saturated rings. The third-order valence-electron chi connectivity index (χ3n) is 4.03. The minimum Gasteiger partial charge on any atom is -0.336 e.